The maximum Gasteiger partial charge on any atom is 0.119 e. The summed E-state index contributed by atoms with van der Waals surface area (Å²) < 4.78 is 1.94. The molecule has 0 aliphatic carbocycles. The van der Waals surface area contributed by atoms with E-state index < -0.39 is 0 Å². The second-order valence-electron chi connectivity index (χ2n) is 6.41. The molecule has 0 saturated heterocycles. The van der Waals surface area contributed by atoms with Crippen molar-refractivity contribution in [1.29, 1.82) is 0 Å². The fourth-order valence-corrected chi connectivity index (χ4v) is 3.21. The van der Waals surface area contributed by atoms with Crippen molar-refractivity contribution < 1.29 is 5.11 Å². The second-order valence-corrected chi connectivity index (χ2v) is 6.41. The van der Waals surface area contributed by atoms with Gasteiger partial charge in [0.1, 0.15) is 5.75 Å². The summed E-state index contributed by atoms with van der Waals surface area (Å²) in [5.74, 6) is 0.323. The van der Waals surface area contributed by atoms with Crippen molar-refractivity contribution in [3.8, 4) is 22.7 Å². The van der Waals surface area contributed by atoms with Crippen molar-refractivity contribution in [2.24, 2.45) is 0 Å². The van der Waals surface area contributed by atoms with Crippen LogP contribution in [-0.4, -0.2) is 14.9 Å². The van der Waals surface area contributed by atoms with Gasteiger partial charge in [-0.3, -0.25) is 0 Å². The molecule has 4 aromatic rings. The molecule has 3 nitrogen and oxygen atoms in total. The lowest BCUT2D eigenvalue weighted by molar-refractivity contribution is 0.469. The predicted molar refractivity (Wildman–Crippen MR) is 105 cm³/mol. The van der Waals surface area contributed by atoms with Gasteiger partial charge in [-0.25, -0.2) is 4.68 Å². The zero-order valence-corrected chi connectivity index (χ0v) is 14.6. The largest absolute Gasteiger partial charge is 0.508 e. The van der Waals surface area contributed by atoms with E-state index in [1.807, 2.05) is 53.2 Å². The molecular weight excluding hydrogens is 320 g/mol. The minimum Gasteiger partial charge on any atom is -0.508 e. The quantitative estimate of drug-likeness (QED) is 0.558. The van der Waals surface area contributed by atoms with E-state index in [9.17, 15) is 5.11 Å². The van der Waals surface area contributed by atoms with Crippen LogP contribution >= 0.6 is 0 Å². The summed E-state index contributed by atoms with van der Waals surface area (Å²) in [5.41, 5.74) is 6.29. The molecule has 1 heterocycles. The van der Waals surface area contributed by atoms with Gasteiger partial charge in [0.05, 0.1) is 11.4 Å². The number of phenols is 1. The average Bonchev–Trinajstić information content (AvgIpc) is 3.06. The number of para-hydroxylation sites is 2. The third kappa shape index (κ3) is 3.11. The highest BCUT2D eigenvalue weighted by Crippen LogP contribution is 2.26. The van der Waals surface area contributed by atoms with E-state index in [2.05, 4.69) is 37.4 Å². The molecule has 0 saturated carbocycles. The Labute approximate surface area is 153 Å². The van der Waals surface area contributed by atoms with Crippen molar-refractivity contribution in [2.75, 3.05) is 0 Å². The van der Waals surface area contributed by atoms with Crippen LogP contribution in [0.2, 0.25) is 0 Å². The number of aromatic hydroxyl groups is 1. The molecule has 0 radical (unpaired) electrons. The first-order chi connectivity index (χ1) is 12.7. The van der Waals surface area contributed by atoms with Crippen molar-refractivity contribution in [3.05, 3.63) is 102 Å². The third-order valence-electron chi connectivity index (χ3n) is 4.56. The van der Waals surface area contributed by atoms with E-state index in [0.29, 0.717) is 12.2 Å². The van der Waals surface area contributed by atoms with Gasteiger partial charge >= 0.3 is 0 Å². The van der Waals surface area contributed by atoms with Crippen LogP contribution in [0.3, 0.4) is 0 Å². The summed E-state index contributed by atoms with van der Waals surface area (Å²) in [4.78, 5) is 0. The van der Waals surface area contributed by atoms with E-state index in [1.54, 1.807) is 6.07 Å². The van der Waals surface area contributed by atoms with Gasteiger partial charge in [-0.05, 0) is 35.7 Å². The highest BCUT2D eigenvalue weighted by Gasteiger charge is 2.12. The van der Waals surface area contributed by atoms with Crippen LogP contribution in [0.5, 0.6) is 5.75 Å². The van der Waals surface area contributed by atoms with Crippen molar-refractivity contribution in [3.63, 3.8) is 0 Å². The van der Waals surface area contributed by atoms with Gasteiger partial charge < -0.3 is 5.11 Å². The highest BCUT2D eigenvalue weighted by atomic mass is 16.3. The molecule has 4 rings (SSSR count). The molecule has 0 aliphatic heterocycles. The number of aryl methyl sites for hydroxylation is 1. The number of nitrogens with zero attached hydrogens (tertiary/aromatic N) is 2. The zero-order chi connectivity index (χ0) is 17.9. The number of hydrogen-bond donors (Lipinski definition) is 1. The van der Waals surface area contributed by atoms with Gasteiger partial charge in [-0.1, -0.05) is 66.7 Å². The summed E-state index contributed by atoms with van der Waals surface area (Å²) in [6.45, 7) is 2.08. The Morgan fingerprint density at radius 3 is 2.23 bits per heavy atom. The van der Waals surface area contributed by atoms with Gasteiger partial charge in [-0.15, -0.1) is 0 Å². The molecule has 0 bridgehead atoms. The molecule has 1 aromatic heterocycles. The van der Waals surface area contributed by atoms with Gasteiger partial charge in [0.2, 0.25) is 0 Å². The van der Waals surface area contributed by atoms with Gasteiger partial charge in [-0.2, -0.15) is 5.10 Å². The number of benzene rings is 3. The Bertz CT molecular complexity index is 1040. The molecule has 0 unspecified atom stereocenters. The normalized spacial score (nSPS) is 10.8. The monoisotopic (exact) mass is 340 g/mol. The van der Waals surface area contributed by atoms with E-state index >= 15 is 0 Å². The van der Waals surface area contributed by atoms with Crippen molar-refractivity contribution in [2.45, 2.75) is 13.3 Å². The molecule has 3 heteroatoms. The highest BCUT2D eigenvalue weighted by molar-refractivity contribution is 5.63. The van der Waals surface area contributed by atoms with E-state index in [4.69, 9.17) is 5.10 Å². The third-order valence-corrected chi connectivity index (χ3v) is 4.56. The molecule has 0 aliphatic rings. The smallest absolute Gasteiger partial charge is 0.119 e. The van der Waals surface area contributed by atoms with Gasteiger partial charge in [0.15, 0.2) is 0 Å². The minimum atomic E-state index is 0.323. The number of phenolic OH excluding ortho intramolecular Hbond substituents is 1. The fraction of sp³-hybridized carbons (Fsp3) is 0.0870. The molecule has 0 atom stereocenters. The molecule has 128 valence electrons. The van der Waals surface area contributed by atoms with Gasteiger partial charge in [0, 0.05) is 18.2 Å². The number of hydrogen-bond acceptors (Lipinski definition) is 2. The van der Waals surface area contributed by atoms with E-state index in [1.165, 1.54) is 0 Å². The number of rotatable bonds is 4. The Morgan fingerprint density at radius 1 is 0.808 bits per heavy atom. The summed E-state index contributed by atoms with van der Waals surface area (Å²) in [6.07, 6.45) is 2.72. The second kappa shape index (κ2) is 6.89. The molecule has 0 fully saturated rings. The maximum absolute atomic E-state index is 10.1. The topological polar surface area (TPSA) is 38.0 Å². The van der Waals surface area contributed by atoms with Crippen molar-refractivity contribution >= 4 is 0 Å². The first-order valence-corrected chi connectivity index (χ1v) is 8.69. The van der Waals surface area contributed by atoms with E-state index in [0.717, 1.165) is 33.6 Å². The van der Waals surface area contributed by atoms with Gasteiger partial charge in [0.25, 0.3) is 0 Å². The lowest BCUT2D eigenvalue weighted by Gasteiger charge is -2.10. The first kappa shape index (κ1) is 16.2. The average molecular weight is 340 g/mol. The summed E-state index contributed by atoms with van der Waals surface area (Å²) in [6, 6.07) is 25.9. The van der Waals surface area contributed by atoms with Crippen LogP contribution in [-0.2, 0) is 6.42 Å². The summed E-state index contributed by atoms with van der Waals surface area (Å²) >= 11 is 0. The molecule has 0 amide bonds. The van der Waals surface area contributed by atoms with Crippen LogP contribution in [0.4, 0.5) is 0 Å². The van der Waals surface area contributed by atoms with Crippen LogP contribution in [0, 0.1) is 6.92 Å². The van der Waals surface area contributed by atoms with Crippen LogP contribution < -0.4 is 0 Å². The minimum absolute atomic E-state index is 0.323. The summed E-state index contributed by atoms with van der Waals surface area (Å²) in [7, 11) is 0. The van der Waals surface area contributed by atoms with Crippen molar-refractivity contribution in [1.82, 2.24) is 9.78 Å². The number of aromatic nitrogens is 2. The first-order valence-electron chi connectivity index (χ1n) is 8.69. The Kier molecular flexibility index (Phi) is 4.28. The molecule has 1 N–H and O–H groups in total. The Hall–Kier alpha value is -3.33. The molecule has 26 heavy (non-hydrogen) atoms. The SMILES string of the molecule is Cc1cn(-c2ccccc2Cc2ccccc2O)nc1-c1ccccc1. The fourth-order valence-electron chi connectivity index (χ4n) is 3.21. The molecule has 0 spiro atoms. The molecule has 3 aromatic carbocycles. The van der Waals surface area contributed by atoms with Crippen LogP contribution in [0.15, 0.2) is 85.1 Å². The standard InChI is InChI=1S/C23H20N2O/c1-17-16-25(24-23(17)18-9-3-2-4-10-18)21-13-7-5-11-19(21)15-20-12-6-8-14-22(20)26/h2-14,16,26H,15H2,1H3. The van der Waals surface area contributed by atoms with Crippen LogP contribution in [0.25, 0.3) is 16.9 Å². The molecular formula is C23H20N2O. The lowest BCUT2D eigenvalue weighted by Crippen LogP contribution is -2.01. The maximum atomic E-state index is 10.1. The summed E-state index contributed by atoms with van der Waals surface area (Å²) in [5, 5.41) is 14.9. The van der Waals surface area contributed by atoms with Crippen LogP contribution in [0.1, 0.15) is 16.7 Å². The van der Waals surface area contributed by atoms with E-state index in [-0.39, 0.29) is 0 Å². The Balaban J connectivity index is 1.75. The lowest BCUT2D eigenvalue weighted by atomic mass is 10.0. The zero-order valence-electron chi connectivity index (χ0n) is 14.6. The predicted octanol–water partition coefficient (Wildman–Crippen LogP) is 5.14. The Morgan fingerprint density at radius 2 is 1.46 bits per heavy atom.